The van der Waals surface area contributed by atoms with Crippen LogP contribution < -0.4 is 14.8 Å². The number of halogens is 1. The van der Waals surface area contributed by atoms with Crippen LogP contribution in [0.3, 0.4) is 0 Å². The summed E-state index contributed by atoms with van der Waals surface area (Å²) in [4.78, 5) is 25.4. The van der Waals surface area contributed by atoms with Gasteiger partial charge in [-0.2, -0.15) is 0 Å². The van der Waals surface area contributed by atoms with Crippen LogP contribution in [-0.4, -0.2) is 38.0 Å². The minimum absolute atomic E-state index is 0.0497. The number of rotatable bonds is 7. The van der Waals surface area contributed by atoms with Gasteiger partial charge in [-0.3, -0.25) is 9.59 Å². The third-order valence-corrected chi connectivity index (χ3v) is 4.38. The van der Waals surface area contributed by atoms with Crippen molar-refractivity contribution in [1.29, 1.82) is 0 Å². The van der Waals surface area contributed by atoms with Crippen LogP contribution in [0, 0.1) is 0 Å². The molecular weight excluding hydrogens is 380 g/mol. The van der Waals surface area contributed by atoms with Gasteiger partial charge in [0.15, 0.2) is 11.5 Å². The summed E-state index contributed by atoms with van der Waals surface area (Å²) in [6, 6.07) is 10.8. The summed E-state index contributed by atoms with van der Waals surface area (Å²) in [6.45, 7) is 1.90. The third kappa shape index (κ3) is 5.50. The zero-order chi connectivity index (χ0) is 20.7. The lowest BCUT2D eigenvalue weighted by molar-refractivity contribution is -0.128. The molecule has 1 N–H and O–H groups in total. The van der Waals surface area contributed by atoms with E-state index in [1.165, 1.54) is 27.2 Å². The van der Waals surface area contributed by atoms with Gasteiger partial charge >= 0.3 is 0 Å². The maximum Gasteiger partial charge on any atom is 0.248 e. The number of ether oxygens (including phenoxy) is 2. The molecular formula is C21H23ClN2O4. The Morgan fingerprint density at radius 1 is 1.18 bits per heavy atom. The Balaban J connectivity index is 2.15. The molecule has 2 aromatic carbocycles. The van der Waals surface area contributed by atoms with Crippen LogP contribution in [0.5, 0.6) is 11.5 Å². The quantitative estimate of drug-likeness (QED) is 0.711. The Kier molecular flexibility index (Phi) is 7.46. The highest BCUT2D eigenvalue weighted by Gasteiger charge is 2.11. The molecule has 0 radical (unpaired) electrons. The average Bonchev–Trinajstić information content (AvgIpc) is 2.67. The fourth-order valence-corrected chi connectivity index (χ4v) is 2.82. The van der Waals surface area contributed by atoms with Crippen LogP contribution in [0.15, 0.2) is 42.5 Å². The summed E-state index contributed by atoms with van der Waals surface area (Å²) < 4.78 is 10.5. The van der Waals surface area contributed by atoms with Crippen molar-refractivity contribution in [2.75, 3.05) is 26.6 Å². The number of anilines is 1. The van der Waals surface area contributed by atoms with Crippen molar-refractivity contribution in [3.8, 4) is 11.5 Å². The first-order valence-electron chi connectivity index (χ1n) is 8.56. The van der Waals surface area contributed by atoms with Crippen LogP contribution in [0.25, 0.3) is 6.08 Å². The normalized spacial score (nSPS) is 10.6. The molecule has 0 aliphatic rings. The summed E-state index contributed by atoms with van der Waals surface area (Å²) in [6.07, 6.45) is 3.04. The molecule has 7 heteroatoms. The van der Waals surface area contributed by atoms with Gasteiger partial charge in [-0.1, -0.05) is 29.8 Å². The molecule has 0 heterocycles. The number of benzene rings is 2. The summed E-state index contributed by atoms with van der Waals surface area (Å²) in [5.74, 6) is 0.567. The fourth-order valence-electron chi connectivity index (χ4n) is 2.53. The number of carbonyl (C=O) groups is 2. The van der Waals surface area contributed by atoms with Gasteiger partial charge < -0.3 is 19.7 Å². The van der Waals surface area contributed by atoms with Gasteiger partial charge in [0.2, 0.25) is 11.8 Å². The lowest BCUT2D eigenvalue weighted by atomic mass is 10.1. The average molecular weight is 403 g/mol. The zero-order valence-electron chi connectivity index (χ0n) is 16.3. The van der Waals surface area contributed by atoms with E-state index in [9.17, 15) is 9.59 Å². The van der Waals surface area contributed by atoms with Crippen LogP contribution in [-0.2, 0) is 16.1 Å². The summed E-state index contributed by atoms with van der Waals surface area (Å²) in [5, 5.41) is 3.23. The van der Waals surface area contributed by atoms with Crippen molar-refractivity contribution in [3.05, 3.63) is 58.6 Å². The molecule has 28 heavy (non-hydrogen) atoms. The lowest BCUT2D eigenvalue weighted by Crippen LogP contribution is -2.24. The van der Waals surface area contributed by atoms with Gasteiger partial charge in [-0.05, 0) is 35.4 Å². The number of carbonyl (C=O) groups excluding carboxylic acids is 2. The topological polar surface area (TPSA) is 67.9 Å². The van der Waals surface area contributed by atoms with Gasteiger partial charge in [0.05, 0.1) is 19.2 Å². The fraction of sp³-hybridized carbons (Fsp3) is 0.238. The van der Waals surface area contributed by atoms with Gasteiger partial charge in [0.1, 0.15) is 0 Å². The Morgan fingerprint density at radius 2 is 1.89 bits per heavy atom. The van der Waals surface area contributed by atoms with Crippen molar-refractivity contribution in [1.82, 2.24) is 4.90 Å². The standard InChI is InChI=1S/C21H23ClN2O4/c1-14(25)24(2)13-16-7-5-6-8-18(16)23-20(26)10-9-15-11-17(22)21(28-4)19(12-15)27-3/h5-12H,13H2,1-4H3,(H,23,26)/b10-9+. The van der Waals surface area contributed by atoms with Crippen molar-refractivity contribution in [2.45, 2.75) is 13.5 Å². The molecule has 0 aliphatic carbocycles. The van der Waals surface area contributed by atoms with E-state index in [-0.39, 0.29) is 11.8 Å². The lowest BCUT2D eigenvalue weighted by Gasteiger charge is -2.17. The highest BCUT2D eigenvalue weighted by atomic mass is 35.5. The van der Waals surface area contributed by atoms with E-state index >= 15 is 0 Å². The van der Waals surface area contributed by atoms with E-state index in [0.29, 0.717) is 34.3 Å². The minimum Gasteiger partial charge on any atom is -0.493 e. The number of methoxy groups -OCH3 is 2. The molecule has 148 valence electrons. The van der Waals surface area contributed by atoms with Crippen LogP contribution in [0.2, 0.25) is 5.02 Å². The predicted molar refractivity (Wildman–Crippen MR) is 111 cm³/mol. The first-order valence-corrected chi connectivity index (χ1v) is 8.93. The van der Waals surface area contributed by atoms with Crippen molar-refractivity contribution in [3.63, 3.8) is 0 Å². The molecule has 0 fully saturated rings. The number of hydrogen-bond donors (Lipinski definition) is 1. The first kappa shape index (κ1) is 21.3. The number of nitrogens with one attached hydrogen (secondary N) is 1. The van der Waals surface area contributed by atoms with E-state index in [1.54, 1.807) is 36.2 Å². The molecule has 2 rings (SSSR count). The summed E-state index contributed by atoms with van der Waals surface area (Å²) >= 11 is 6.18. The van der Waals surface area contributed by atoms with E-state index in [1.807, 2.05) is 18.2 Å². The Morgan fingerprint density at radius 3 is 2.54 bits per heavy atom. The van der Waals surface area contributed by atoms with Crippen LogP contribution in [0.4, 0.5) is 5.69 Å². The SMILES string of the molecule is COc1cc(/C=C/C(=O)Nc2ccccc2CN(C)C(C)=O)cc(Cl)c1OC. The molecule has 0 unspecified atom stereocenters. The maximum absolute atomic E-state index is 12.4. The van der Waals surface area contributed by atoms with Crippen molar-refractivity contribution < 1.29 is 19.1 Å². The number of nitrogens with zero attached hydrogens (tertiary/aromatic N) is 1. The van der Waals surface area contributed by atoms with E-state index in [0.717, 1.165) is 5.56 Å². The molecule has 6 nitrogen and oxygen atoms in total. The number of para-hydroxylation sites is 1. The monoisotopic (exact) mass is 402 g/mol. The number of amides is 2. The summed E-state index contributed by atoms with van der Waals surface area (Å²) in [5.41, 5.74) is 2.19. The maximum atomic E-state index is 12.4. The Hall–Kier alpha value is -2.99. The molecule has 0 aromatic heterocycles. The van der Waals surface area contributed by atoms with Gasteiger partial charge in [0, 0.05) is 32.3 Å². The van der Waals surface area contributed by atoms with Crippen molar-refractivity contribution >= 4 is 35.2 Å². The minimum atomic E-state index is -0.302. The van der Waals surface area contributed by atoms with E-state index in [4.69, 9.17) is 21.1 Å². The van der Waals surface area contributed by atoms with Gasteiger partial charge in [-0.25, -0.2) is 0 Å². The third-order valence-electron chi connectivity index (χ3n) is 4.10. The second-order valence-electron chi connectivity index (χ2n) is 6.09. The summed E-state index contributed by atoms with van der Waals surface area (Å²) in [7, 11) is 4.73. The first-order chi connectivity index (χ1) is 13.3. The predicted octanol–water partition coefficient (Wildman–Crippen LogP) is 3.99. The van der Waals surface area contributed by atoms with Crippen molar-refractivity contribution in [2.24, 2.45) is 0 Å². The molecule has 2 amide bonds. The molecule has 0 bridgehead atoms. The molecule has 0 saturated carbocycles. The zero-order valence-corrected chi connectivity index (χ0v) is 17.0. The Labute approximate surface area is 169 Å². The molecule has 0 atom stereocenters. The Bertz CT molecular complexity index is 896. The molecule has 2 aromatic rings. The van der Waals surface area contributed by atoms with Gasteiger partial charge in [-0.15, -0.1) is 0 Å². The largest absolute Gasteiger partial charge is 0.493 e. The van der Waals surface area contributed by atoms with Crippen LogP contribution in [0.1, 0.15) is 18.1 Å². The van der Waals surface area contributed by atoms with E-state index in [2.05, 4.69) is 5.32 Å². The molecule has 0 aliphatic heterocycles. The second-order valence-corrected chi connectivity index (χ2v) is 6.50. The van der Waals surface area contributed by atoms with Gasteiger partial charge in [0.25, 0.3) is 0 Å². The molecule has 0 spiro atoms. The van der Waals surface area contributed by atoms with E-state index < -0.39 is 0 Å². The highest BCUT2D eigenvalue weighted by Crippen LogP contribution is 2.36. The highest BCUT2D eigenvalue weighted by molar-refractivity contribution is 6.32. The number of hydrogen-bond acceptors (Lipinski definition) is 4. The second kappa shape index (κ2) is 9.80. The smallest absolute Gasteiger partial charge is 0.248 e. The van der Waals surface area contributed by atoms with Crippen LogP contribution >= 0.6 is 11.6 Å². The molecule has 0 saturated heterocycles.